The summed E-state index contributed by atoms with van der Waals surface area (Å²) in [6.07, 6.45) is -0.941. The molecule has 6 heteroatoms. The number of aliphatic hydroxyl groups is 1. The van der Waals surface area contributed by atoms with E-state index >= 15 is 0 Å². The Hall–Kier alpha value is -3.95. The van der Waals surface area contributed by atoms with E-state index in [0.717, 1.165) is 22.1 Å². The lowest BCUT2D eigenvalue weighted by atomic mass is 9.99. The van der Waals surface area contributed by atoms with Gasteiger partial charge in [-0.15, -0.1) is 0 Å². The van der Waals surface area contributed by atoms with Crippen LogP contribution < -0.4 is 10.3 Å². The number of aryl methyl sites for hydroxylation is 2. The lowest BCUT2D eigenvalue weighted by Gasteiger charge is -2.16. The first-order valence-electron chi connectivity index (χ1n) is 10.3. The molecule has 1 aromatic heterocycles. The Labute approximate surface area is 185 Å². The normalized spacial score (nSPS) is 11.8. The third-order valence-corrected chi connectivity index (χ3v) is 5.33. The number of ether oxygens (including phenoxy) is 1. The summed E-state index contributed by atoms with van der Waals surface area (Å²) in [7, 11) is 0. The molecule has 0 saturated heterocycles. The smallest absolute Gasteiger partial charge is 0.274 e. The van der Waals surface area contributed by atoms with E-state index in [1.54, 1.807) is 30.3 Å². The van der Waals surface area contributed by atoms with E-state index in [2.05, 4.69) is 11.2 Å². The Bertz CT molecular complexity index is 1370. The fourth-order valence-electron chi connectivity index (χ4n) is 3.62. The summed E-state index contributed by atoms with van der Waals surface area (Å²) in [5.41, 5.74) is 4.10. The van der Waals surface area contributed by atoms with Crippen LogP contribution in [0.4, 0.5) is 0 Å². The quantitative estimate of drug-likeness (QED) is 0.505. The van der Waals surface area contributed by atoms with Crippen LogP contribution >= 0.6 is 0 Å². The molecule has 0 aliphatic rings. The summed E-state index contributed by atoms with van der Waals surface area (Å²) < 4.78 is 6.93. The molecule has 0 aliphatic carbocycles. The molecular formula is C26H23N3O3. The Morgan fingerprint density at radius 1 is 1.06 bits per heavy atom. The summed E-state index contributed by atoms with van der Waals surface area (Å²) in [5.74, 6) is 0.540. The molecule has 0 bridgehead atoms. The number of rotatable bonds is 6. The van der Waals surface area contributed by atoms with Gasteiger partial charge in [-0.2, -0.15) is 10.4 Å². The SMILES string of the molecule is Cc1ccc(C)c(-c2nn(CC(O)COc3ccc(C#N)cc3)c(=O)c3ccccc23)c1. The maximum absolute atomic E-state index is 13.1. The molecule has 1 atom stereocenters. The van der Waals surface area contributed by atoms with E-state index in [4.69, 9.17) is 10.00 Å². The molecule has 0 radical (unpaired) electrons. The summed E-state index contributed by atoms with van der Waals surface area (Å²) >= 11 is 0. The van der Waals surface area contributed by atoms with Crippen LogP contribution in [0, 0.1) is 25.2 Å². The van der Waals surface area contributed by atoms with Gasteiger partial charge in [0, 0.05) is 10.9 Å². The molecule has 4 rings (SSSR count). The van der Waals surface area contributed by atoms with E-state index in [1.807, 2.05) is 50.2 Å². The molecular weight excluding hydrogens is 402 g/mol. The zero-order valence-electron chi connectivity index (χ0n) is 17.9. The first kappa shape index (κ1) is 21.3. The lowest BCUT2D eigenvalue weighted by Crippen LogP contribution is -2.32. The molecule has 1 heterocycles. The molecule has 0 aliphatic heterocycles. The van der Waals surface area contributed by atoms with Crippen LogP contribution in [0.3, 0.4) is 0 Å². The highest BCUT2D eigenvalue weighted by Crippen LogP contribution is 2.28. The Morgan fingerprint density at radius 2 is 1.78 bits per heavy atom. The minimum absolute atomic E-state index is 0.00217. The molecule has 1 unspecified atom stereocenters. The van der Waals surface area contributed by atoms with Crippen LogP contribution in [0.1, 0.15) is 16.7 Å². The van der Waals surface area contributed by atoms with Gasteiger partial charge in [0.25, 0.3) is 5.56 Å². The standard InChI is InChI=1S/C26H23N3O3/c1-17-7-8-18(2)24(13-17)25-22-5-3-4-6-23(22)26(31)29(28-25)15-20(30)16-32-21-11-9-19(14-27)10-12-21/h3-13,20,30H,15-16H2,1-2H3. The average molecular weight is 425 g/mol. The summed E-state index contributed by atoms with van der Waals surface area (Å²) in [6, 6.07) is 22.2. The number of nitrogens with zero attached hydrogens (tertiary/aromatic N) is 3. The van der Waals surface area contributed by atoms with Gasteiger partial charge in [0.2, 0.25) is 0 Å². The summed E-state index contributed by atoms with van der Waals surface area (Å²) in [4.78, 5) is 13.1. The van der Waals surface area contributed by atoms with E-state index < -0.39 is 6.10 Å². The number of benzene rings is 3. The van der Waals surface area contributed by atoms with Crippen molar-refractivity contribution in [1.82, 2.24) is 9.78 Å². The molecule has 4 aromatic rings. The van der Waals surface area contributed by atoms with Crippen LogP contribution in [0.15, 0.2) is 71.5 Å². The van der Waals surface area contributed by atoms with Crippen molar-refractivity contribution in [3.63, 3.8) is 0 Å². The number of aliphatic hydroxyl groups excluding tert-OH is 1. The van der Waals surface area contributed by atoms with E-state index in [1.165, 1.54) is 4.68 Å². The minimum atomic E-state index is -0.941. The first-order valence-corrected chi connectivity index (χ1v) is 10.3. The molecule has 0 amide bonds. The first-order chi connectivity index (χ1) is 15.5. The Morgan fingerprint density at radius 3 is 2.50 bits per heavy atom. The third-order valence-electron chi connectivity index (χ3n) is 5.33. The van der Waals surface area contributed by atoms with Gasteiger partial charge >= 0.3 is 0 Å². The van der Waals surface area contributed by atoms with Gasteiger partial charge in [-0.25, -0.2) is 4.68 Å². The lowest BCUT2D eigenvalue weighted by molar-refractivity contribution is 0.0882. The fraction of sp³-hybridized carbons (Fsp3) is 0.192. The van der Waals surface area contributed by atoms with Gasteiger partial charge in [0.05, 0.1) is 29.3 Å². The number of fused-ring (bicyclic) bond motifs is 1. The van der Waals surface area contributed by atoms with Crippen molar-refractivity contribution in [3.8, 4) is 23.1 Å². The van der Waals surface area contributed by atoms with E-state index in [9.17, 15) is 9.90 Å². The topological polar surface area (TPSA) is 88.1 Å². The summed E-state index contributed by atoms with van der Waals surface area (Å²) in [6.45, 7) is 4.02. The van der Waals surface area contributed by atoms with Gasteiger partial charge in [0.1, 0.15) is 18.5 Å². The Balaban J connectivity index is 1.65. The Kier molecular flexibility index (Phi) is 6.02. The second-order valence-corrected chi connectivity index (χ2v) is 7.80. The largest absolute Gasteiger partial charge is 0.491 e. The van der Waals surface area contributed by atoms with Gasteiger partial charge in [-0.1, -0.05) is 35.9 Å². The summed E-state index contributed by atoms with van der Waals surface area (Å²) in [5, 5.41) is 25.4. The maximum atomic E-state index is 13.1. The highest BCUT2D eigenvalue weighted by atomic mass is 16.5. The van der Waals surface area contributed by atoms with Crippen molar-refractivity contribution in [3.05, 3.63) is 93.8 Å². The van der Waals surface area contributed by atoms with Crippen LogP contribution in [0.2, 0.25) is 0 Å². The van der Waals surface area contributed by atoms with Crippen molar-refractivity contribution >= 4 is 10.8 Å². The highest BCUT2D eigenvalue weighted by molar-refractivity contribution is 5.94. The fourth-order valence-corrected chi connectivity index (χ4v) is 3.62. The molecule has 0 saturated carbocycles. The molecule has 160 valence electrons. The molecule has 0 fully saturated rings. The molecule has 6 nitrogen and oxygen atoms in total. The van der Waals surface area contributed by atoms with E-state index in [0.29, 0.717) is 22.4 Å². The highest BCUT2D eigenvalue weighted by Gasteiger charge is 2.16. The molecule has 3 aromatic carbocycles. The molecule has 0 spiro atoms. The maximum Gasteiger partial charge on any atom is 0.274 e. The van der Waals surface area contributed by atoms with Crippen molar-refractivity contribution < 1.29 is 9.84 Å². The van der Waals surface area contributed by atoms with Crippen molar-refractivity contribution in [2.75, 3.05) is 6.61 Å². The average Bonchev–Trinajstić information content (AvgIpc) is 2.81. The van der Waals surface area contributed by atoms with Crippen molar-refractivity contribution in [2.45, 2.75) is 26.5 Å². The number of hydrogen-bond donors (Lipinski definition) is 1. The van der Waals surface area contributed by atoms with Gasteiger partial charge in [-0.3, -0.25) is 4.79 Å². The van der Waals surface area contributed by atoms with Gasteiger partial charge in [-0.05, 0) is 55.8 Å². The van der Waals surface area contributed by atoms with Crippen molar-refractivity contribution in [2.24, 2.45) is 0 Å². The zero-order chi connectivity index (χ0) is 22.7. The predicted octanol–water partition coefficient (Wildman–Crippen LogP) is 3.99. The second-order valence-electron chi connectivity index (χ2n) is 7.80. The number of hydrogen-bond acceptors (Lipinski definition) is 5. The van der Waals surface area contributed by atoms with Crippen LogP contribution in [-0.4, -0.2) is 27.6 Å². The van der Waals surface area contributed by atoms with E-state index in [-0.39, 0.29) is 18.7 Å². The van der Waals surface area contributed by atoms with Gasteiger partial charge in [0.15, 0.2) is 0 Å². The number of nitriles is 1. The van der Waals surface area contributed by atoms with Crippen molar-refractivity contribution in [1.29, 1.82) is 5.26 Å². The molecule has 1 N–H and O–H groups in total. The third kappa shape index (κ3) is 4.39. The van der Waals surface area contributed by atoms with Gasteiger partial charge < -0.3 is 9.84 Å². The predicted molar refractivity (Wildman–Crippen MR) is 124 cm³/mol. The molecule has 32 heavy (non-hydrogen) atoms. The van der Waals surface area contributed by atoms with Crippen LogP contribution in [0.5, 0.6) is 5.75 Å². The monoisotopic (exact) mass is 425 g/mol. The zero-order valence-corrected chi connectivity index (χ0v) is 17.9. The van der Waals surface area contributed by atoms with Crippen LogP contribution in [-0.2, 0) is 6.54 Å². The van der Waals surface area contributed by atoms with Crippen LogP contribution in [0.25, 0.3) is 22.0 Å². The second kappa shape index (κ2) is 9.04. The minimum Gasteiger partial charge on any atom is -0.491 e. The number of aromatic nitrogens is 2.